The number of nitrogens with zero attached hydrogens (tertiary/aromatic N) is 2. The number of nitrogens with one attached hydrogen (secondary N) is 1. The van der Waals surface area contributed by atoms with Gasteiger partial charge in [0.25, 0.3) is 11.5 Å². The molecule has 7 nitrogen and oxygen atoms in total. The number of aromatic nitrogens is 2. The van der Waals surface area contributed by atoms with Gasteiger partial charge in [-0.05, 0) is 49.1 Å². The molecule has 156 valence electrons. The van der Waals surface area contributed by atoms with Crippen LogP contribution >= 0.6 is 0 Å². The Morgan fingerprint density at radius 2 is 1.77 bits per heavy atom. The average molecular weight is 406 g/mol. The molecule has 3 aromatic rings. The van der Waals surface area contributed by atoms with E-state index in [9.17, 15) is 14.4 Å². The minimum absolute atomic E-state index is 0.00407. The van der Waals surface area contributed by atoms with Crippen LogP contribution in [0, 0.1) is 13.8 Å². The van der Waals surface area contributed by atoms with Gasteiger partial charge in [-0.3, -0.25) is 19.1 Å². The third-order valence-electron chi connectivity index (χ3n) is 5.11. The number of amides is 1. The fourth-order valence-electron chi connectivity index (χ4n) is 3.33. The Morgan fingerprint density at radius 3 is 2.40 bits per heavy atom. The van der Waals surface area contributed by atoms with E-state index >= 15 is 0 Å². The van der Waals surface area contributed by atoms with Crippen molar-refractivity contribution in [2.24, 2.45) is 0 Å². The van der Waals surface area contributed by atoms with Crippen molar-refractivity contribution >= 4 is 17.4 Å². The highest BCUT2D eigenvalue weighted by Crippen LogP contribution is 2.21. The zero-order chi connectivity index (χ0) is 21.8. The summed E-state index contributed by atoms with van der Waals surface area (Å²) in [7, 11) is 0. The Kier molecular flexibility index (Phi) is 6.20. The molecule has 0 unspecified atom stereocenters. The molecule has 3 N–H and O–H groups in total. The number of nitrogens with two attached hydrogens (primary N) is 1. The van der Waals surface area contributed by atoms with Gasteiger partial charge in [0.1, 0.15) is 5.82 Å². The van der Waals surface area contributed by atoms with Gasteiger partial charge < -0.3 is 10.6 Å². The Morgan fingerprint density at radius 1 is 1.07 bits per heavy atom. The van der Waals surface area contributed by atoms with Crippen molar-refractivity contribution in [1.82, 2.24) is 9.55 Å². The number of rotatable bonds is 6. The first-order valence-electron chi connectivity index (χ1n) is 9.89. The topological polar surface area (TPSA) is 101 Å². The van der Waals surface area contributed by atoms with E-state index in [2.05, 4.69) is 4.98 Å². The fraction of sp³-hybridized carbons (Fsp3) is 0.261. The maximum atomic E-state index is 13.3. The highest BCUT2D eigenvalue weighted by atomic mass is 16.2. The van der Waals surface area contributed by atoms with Gasteiger partial charge in [0.15, 0.2) is 5.69 Å². The van der Waals surface area contributed by atoms with Gasteiger partial charge in [0.2, 0.25) is 0 Å². The first kappa shape index (κ1) is 21.1. The number of nitrogen functional groups attached to an aromatic ring is 1. The lowest BCUT2D eigenvalue weighted by atomic mass is 10.1. The molecule has 3 rings (SSSR count). The van der Waals surface area contributed by atoms with Crippen LogP contribution in [0.4, 0.5) is 11.5 Å². The van der Waals surface area contributed by atoms with Crippen LogP contribution in [0.25, 0.3) is 0 Å². The van der Waals surface area contributed by atoms with E-state index in [-0.39, 0.29) is 24.0 Å². The van der Waals surface area contributed by atoms with Crippen LogP contribution in [0.2, 0.25) is 0 Å². The summed E-state index contributed by atoms with van der Waals surface area (Å²) in [5.74, 6) is -0.361. The van der Waals surface area contributed by atoms with Gasteiger partial charge in [0.05, 0.1) is 6.54 Å². The predicted octanol–water partition coefficient (Wildman–Crippen LogP) is 2.84. The molecule has 0 spiro atoms. The normalized spacial score (nSPS) is 10.8. The first-order valence-corrected chi connectivity index (χ1v) is 9.89. The standard InChI is InChI=1S/C23H26N4O3/c1-4-12-26(22(29)18-11-10-15(2)16(3)13-18)19-20(24)27(23(30)25-21(19)28)14-17-8-6-5-7-9-17/h5-11,13H,4,12,14,24H2,1-3H3,(H,25,28,30). The second-order valence-corrected chi connectivity index (χ2v) is 7.32. The lowest BCUT2D eigenvalue weighted by Gasteiger charge is -2.24. The largest absolute Gasteiger partial charge is 0.383 e. The number of aryl methyl sites for hydroxylation is 2. The molecule has 2 aromatic carbocycles. The quantitative estimate of drug-likeness (QED) is 0.657. The highest BCUT2D eigenvalue weighted by Gasteiger charge is 2.25. The van der Waals surface area contributed by atoms with Crippen molar-refractivity contribution in [3.8, 4) is 0 Å². The van der Waals surface area contributed by atoms with Gasteiger partial charge in [-0.15, -0.1) is 0 Å². The number of carbonyl (C=O) groups excluding carboxylic acids is 1. The molecule has 0 fully saturated rings. The highest BCUT2D eigenvalue weighted by molar-refractivity contribution is 6.07. The third-order valence-corrected chi connectivity index (χ3v) is 5.11. The van der Waals surface area contributed by atoms with Crippen LogP contribution in [-0.4, -0.2) is 22.0 Å². The molecule has 0 atom stereocenters. The van der Waals surface area contributed by atoms with E-state index in [4.69, 9.17) is 5.73 Å². The van der Waals surface area contributed by atoms with E-state index < -0.39 is 11.2 Å². The molecular weight excluding hydrogens is 380 g/mol. The van der Waals surface area contributed by atoms with E-state index in [0.717, 1.165) is 16.7 Å². The number of benzene rings is 2. The summed E-state index contributed by atoms with van der Waals surface area (Å²) < 4.78 is 1.28. The third kappa shape index (κ3) is 4.20. The summed E-state index contributed by atoms with van der Waals surface area (Å²) in [5, 5.41) is 0. The van der Waals surface area contributed by atoms with E-state index in [0.29, 0.717) is 18.5 Å². The molecule has 0 aliphatic carbocycles. The van der Waals surface area contributed by atoms with Crippen molar-refractivity contribution in [1.29, 1.82) is 0 Å². The summed E-state index contributed by atoms with van der Waals surface area (Å²) in [6.45, 7) is 6.29. The number of H-pyrrole nitrogens is 1. The molecule has 0 bridgehead atoms. The number of hydrogen-bond acceptors (Lipinski definition) is 4. The maximum absolute atomic E-state index is 13.3. The van der Waals surface area contributed by atoms with Gasteiger partial charge in [-0.2, -0.15) is 0 Å². The van der Waals surface area contributed by atoms with Crippen molar-refractivity contribution in [2.75, 3.05) is 17.2 Å². The predicted molar refractivity (Wildman–Crippen MR) is 119 cm³/mol. The van der Waals surface area contributed by atoms with Crippen LogP contribution in [0.5, 0.6) is 0 Å². The Labute approximate surface area is 174 Å². The summed E-state index contributed by atoms with van der Waals surface area (Å²) >= 11 is 0. The second-order valence-electron chi connectivity index (χ2n) is 7.32. The number of carbonyl (C=O) groups is 1. The summed E-state index contributed by atoms with van der Waals surface area (Å²) in [6, 6.07) is 14.7. The molecule has 7 heteroatoms. The van der Waals surface area contributed by atoms with Crippen LogP contribution in [0.3, 0.4) is 0 Å². The van der Waals surface area contributed by atoms with E-state index in [1.165, 1.54) is 9.47 Å². The summed E-state index contributed by atoms with van der Waals surface area (Å²) in [4.78, 5) is 42.1. The molecule has 0 aliphatic rings. The molecule has 30 heavy (non-hydrogen) atoms. The maximum Gasteiger partial charge on any atom is 0.330 e. The second kappa shape index (κ2) is 8.82. The Bertz CT molecular complexity index is 1180. The van der Waals surface area contributed by atoms with E-state index in [1.807, 2.05) is 57.2 Å². The van der Waals surface area contributed by atoms with Crippen LogP contribution < -0.4 is 21.9 Å². The number of aromatic amines is 1. The molecule has 1 aromatic heterocycles. The molecule has 0 saturated carbocycles. The lowest BCUT2D eigenvalue weighted by molar-refractivity contribution is 0.0986. The number of anilines is 2. The minimum Gasteiger partial charge on any atom is -0.383 e. The Hall–Kier alpha value is -3.61. The molecule has 1 amide bonds. The fourth-order valence-corrected chi connectivity index (χ4v) is 3.33. The molecule has 0 saturated heterocycles. The van der Waals surface area contributed by atoms with Crippen molar-refractivity contribution in [3.63, 3.8) is 0 Å². The van der Waals surface area contributed by atoms with Gasteiger partial charge >= 0.3 is 5.69 Å². The van der Waals surface area contributed by atoms with E-state index in [1.54, 1.807) is 12.1 Å². The van der Waals surface area contributed by atoms with Gasteiger partial charge in [-0.25, -0.2) is 4.79 Å². The number of hydrogen-bond donors (Lipinski definition) is 2. The molecule has 1 heterocycles. The van der Waals surface area contributed by atoms with Crippen LogP contribution in [0.1, 0.15) is 40.4 Å². The average Bonchev–Trinajstić information content (AvgIpc) is 2.72. The van der Waals surface area contributed by atoms with Crippen molar-refractivity contribution < 1.29 is 4.79 Å². The van der Waals surface area contributed by atoms with Crippen molar-refractivity contribution in [3.05, 3.63) is 91.6 Å². The van der Waals surface area contributed by atoms with Crippen LogP contribution in [-0.2, 0) is 6.54 Å². The zero-order valence-electron chi connectivity index (χ0n) is 17.4. The molecule has 0 aliphatic heterocycles. The van der Waals surface area contributed by atoms with Gasteiger partial charge in [-0.1, -0.05) is 43.3 Å². The minimum atomic E-state index is -0.674. The molecular formula is C23H26N4O3. The van der Waals surface area contributed by atoms with Crippen LogP contribution in [0.15, 0.2) is 58.1 Å². The first-order chi connectivity index (χ1) is 14.3. The lowest BCUT2D eigenvalue weighted by Crippen LogP contribution is -2.41. The monoisotopic (exact) mass is 406 g/mol. The van der Waals surface area contributed by atoms with Gasteiger partial charge in [0, 0.05) is 12.1 Å². The Balaban J connectivity index is 2.11. The zero-order valence-corrected chi connectivity index (χ0v) is 17.4. The summed E-state index contributed by atoms with van der Waals surface area (Å²) in [6.07, 6.45) is 0.618. The molecule has 0 radical (unpaired) electrons. The smallest absolute Gasteiger partial charge is 0.330 e. The summed E-state index contributed by atoms with van der Waals surface area (Å²) in [5.41, 5.74) is 8.36. The SMILES string of the molecule is CCCN(C(=O)c1ccc(C)c(C)c1)c1c(N)n(Cc2ccccc2)c(=O)[nH]c1=O. The van der Waals surface area contributed by atoms with Crippen molar-refractivity contribution in [2.45, 2.75) is 33.7 Å².